The number of carboxylic acids is 1. The quantitative estimate of drug-likeness (QED) is 0.863. The van der Waals surface area contributed by atoms with Crippen molar-refractivity contribution in [3.63, 3.8) is 0 Å². The summed E-state index contributed by atoms with van der Waals surface area (Å²) in [7, 11) is 1.59. The second-order valence-corrected chi connectivity index (χ2v) is 4.08. The number of aliphatic carboxylic acids is 1. The Balaban J connectivity index is 3.06. The molecule has 0 radical (unpaired) electrons. The van der Waals surface area contributed by atoms with Crippen LogP contribution in [0.2, 0.25) is 0 Å². The fraction of sp³-hybridized carbons (Fsp3) is 0.250. The van der Waals surface area contributed by atoms with Crippen LogP contribution in [-0.2, 0) is 4.79 Å². The standard InChI is InChI=1S/C12H13BrO3/c1-3-9(12(14)15)6-8-4-5-11(16-2)10(13)7-8/h4-7H,3H2,1-2H3,(H,14,15). The smallest absolute Gasteiger partial charge is 0.331 e. The Morgan fingerprint density at radius 3 is 2.69 bits per heavy atom. The second-order valence-electron chi connectivity index (χ2n) is 3.22. The predicted octanol–water partition coefficient (Wildman–Crippen LogP) is 3.34. The molecule has 0 unspecified atom stereocenters. The Morgan fingerprint density at radius 2 is 2.25 bits per heavy atom. The Kier molecular flexibility index (Phi) is 4.55. The highest BCUT2D eigenvalue weighted by atomic mass is 79.9. The number of methoxy groups -OCH3 is 1. The average Bonchev–Trinajstić information content (AvgIpc) is 2.25. The zero-order chi connectivity index (χ0) is 12.1. The Hall–Kier alpha value is -1.29. The van der Waals surface area contributed by atoms with E-state index in [1.54, 1.807) is 19.3 Å². The molecule has 0 saturated carbocycles. The molecule has 0 spiro atoms. The highest BCUT2D eigenvalue weighted by Gasteiger charge is 2.05. The average molecular weight is 285 g/mol. The van der Waals surface area contributed by atoms with E-state index in [4.69, 9.17) is 9.84 Å². The molecule has 1 aromatic rings. The predicted molar refractivity (Wildman–Crippen MR) is 66.6 cm³/mol. The van der Waals surface area contributed by atoms with E-state index in [9.17, 15) is 4.79 Å². The highest BCUT2D eigenvalue weighted by molar-refractivity contribution is 9.10. The number of benzene rings is 1. The minimum atomic E-state index is -0.880. The van der Waals surface area contributed by atoms with Gasteiger partial charge in [0, 0.05) is 5.57 Å². The molecule has 0 aromatic heterocycles. The third-order valence-corrected chi connectivity index (χ3v) is 2.79. The maximum atomic E-state index is 10.8. The second kappa shape index (κ2) is 5.70. The Labute approximate surface area is 103 Å². The van der Waals surface area contributed by atoms with Crippen molar-refractivity contribution in [3.05, 3.63) is 33.8 Å². The van der Waals surface area contributed by atoms with Crippen LogP contribution in [0.1, 0.15) is 18.9 Å². The highest BCUT2D eigenvalue weighted by Crippen LogP contribution is 2.26. The van der Waals surface area contributed by atoms with Crippen molar-refractivity contribution in [2.75, 3.05) is 7.11 Å². The molecule has 0 aliphatic rings. The van der Waals surface area contributed by atoms with Crippen LogP contribution in [0.15, 0.2) is 28.2 Å². The molecule has 4 heteroatoms. The number of carboxylic acid groups (broad SMARTS) is 1. The van der Waals surface area contributed by atoms with Crippen molar-refractivity contribution in [2.24, 2.45) is 0 Å². The van der Waals surface area contributed by atoms with E-state index >= 15 is 0 Å². The van der Waals surface area contributed by atoms with Gasteiger partial charge in [0.1, 0.15) is 5.75 Å². The lowest BCUT2D eigenvalue weighted by atomic mass is 10.1. The molecular formula is C12H13BrO3. The van der Waals surface area contributed by atoms with E-state index in [-0.39, 0.29) is 0 Å². The molecule has 0 atom stereocenters. The largest absolute Gasteiger partial charge is 0.496 e. The third-order valence-electron chi connectivity index (χ3n) is 2.17. The van der Waals surface area contributed by atoms with Crippen LogP contribution in [0.5, 0.6) is 5.75 Å². The summed E-state index contributed by atoms with van der Waals surface area (Å²) in [5.41, 5.74) is 1.23. The van der Waals surface area contributed by atoms with Gasteiger partial charge in [0.2, 0.25) is 0 Å². The summed E-state index contributed by atoms with van der Waals surface area (Å²) < 4.78 is 5.90. The maximum Gasteiger partial charge on any atom is 0.331 e. The van der Waals surface area contributed by atoms with Gasteiger partial charge in [-0.1, -0.05) is 13.0 Å². The molecule has 0 bridgehead atoms. The number of carbonyl (C=O) groups is 1. The fourth-order valence-corrected chi connectivity index (χ4v) is 1.85. The number of hydrogen-bond donors (Lipinski definition) is 1. The molecule has 0 heterocycles. The zero-order valence-corrected chi connectivity index (χ0v) is 10.7. The van der Waals surface area contributed by atoms with Crippen LogP contribution >= 0.6 is 15.9 Å². The van der Waals surface area contributed by atoms with E-state index in [2.05, 4.69) is 15.9 Å². The van der Waals surface area contributed by atoms with Gasteiger partial charge < -0.3 is 9.84 Å². The molecule has 0 amide bonds. The topological polar surface area (TPSA) is 46.5 Å². The minimum absolute atomic E-state index is 0.386. The van der Waals surface area contributed by atoms with E-state index in [1.807, 2.05) is 19.1 Å². The lowest BCUT2D eigenvalue weighted by Crippen LogP contribution is -1.98. The molecule has 0 fully saturated rings. The fourth-order valence-electron chi connectivity index (χ4n) is 1.29. The summed E-state index contributed by atoms with van der Waals surface area (Å²) in [5.74, 6) is -0.153. The number of halogens is 1. The first-order chi connectivity index (χ1) is 7.58. The molecular weight excluding hydrogens is 272 g/mol. The molecule has 1 rings (SSSR count). The summed E-state index contributed by atoms with van der Waals surface area (Å²) in [4.78, 5) is 10.8. The van der Waals surface area contributed by atoms with Crippen molar-refractivity contribution in [2.45, 2.75) is 13.3 Å². The van der Waals surface area contributed by atoms with E-state index in [1.165, 1.54) is 0 Å². The molecule has 0 aliphatic heterocycles. The van der Waals surface area contributed by atoms with Gasteiger partial charge in [-0.3, -0.25) is 0 Å². The lowest BCUT2D eigenvalue weighted by molar-refractivity contribution is -0.132. The molecule has 3 nitrogen and oxygen atoms in total. The van der Waals surface area contributed by atoms with E-state index < -0.39 is 5.97 Å². The molecule has 0 aliphatic carbocycles. The van der Waals surface area contributed by atoms with Gasteiger partial charge in [-0.05, 0) is 46.1 Å². The van der Waals surface area contributed by atoms with E-state index in [0.29, 0.717) is 12.0 Å². The lowest BCUT2D eigenvalue weighted by Gasteiger charge is -2.04. The summed E-state index contributed by atoms with van der Waals surface area (Å²) >= 11 is 3.35. The van der Waals surface area contributed by atoms with Crippen LogP contribution < -0.4 is 4.74 Å². The van der Waals surface area contributed by atoms with Gasteiger partial charge in [-0.25, -0.2) is 4.79 Å². The van der Waals surface area contributed by atoms with Crippen molar-refractivity contribution in [1.82, 2.24) is 0 Å². The first-order valence-electron chi connectivity index (χ1n) is 4.86. The minimum Gasteiger partial charge on any atom is -0.496 e. The van der Waals surface area contributed by atoms with Crippen LogP contribution in [0, 0.1) is 0 Å². The molecule has 86 valence electrons. The number of ether oxygens (including phenoxy) is 1. The first-order valence-corrected chi connectivity index (χ1v) is 5.65. The van der Waals surface area contributed by atoms with Crippen molar-refractivity contribution >= 4 is 28.0 Å². The summed E-state index contributed by atoms with van der Waals surface area (Å²) in [5, 5.41) is 8.90. The molecule has 16 heavy (non-hydrogen) atoms. The third kappa shape index (κ3) is 3.10. The van der Waals surface area contributed by atoms with Gasteiger partial charge in [0.05, 0.1) is 11.6 Å². The monoisotopic (exact) mass is 284 g/mol. The maximum absolute atomic E-state index is 10.8. The zero-order valence-electron chi connectivity index (χ0n) is 9.16. The normalized spacial score (nSPS) is 11.3. The van der Waals surface area contributed by atoms with Gasteiger partial charge in [0.25, 0.3) is 0 Å². The van der Waals surface area contributed by atoms with Gasteiger partial charge in [-0.15, -0.1) is 0 Å². The van der Waals surface area contributed by atoms with Gasteiger partial charge in [-0.2, -0.15) is 0 Å². The molecule has 1 aromatic carbocycles. The number of rotatable bonds is 4. The summed E-state index contributed by atoms with van der Waals surface area (Å²) in [6.45, 7) is 1.82. The Bertz CT molecular complexity index is 424. The van der Waals surface area contributed by atoms with Crippen molar-refractivity contribution in [1.29, 1.82) is 0 Å². The SMILES string of the molecule is CCC(=Cc1ccc(OC)c(Br)c1)C(=O)O. The van der Waals surface area contributed by atoms with Crippen LogP contribution in [-0.4, -0.2) is 18.2 Å². The van der Waals surface area contributed by atoms with Crippen molar-refractivity contribution in [3.8, 4) is 5.75 Å². The van der Waals surface area contributed by atoms with E-state index in [0.717, 1.165) is 15.8 Å². The molecule has 0 saturated heterocycles. The first kappa shape index (κ1) is 12.8. The van der Waals surface area contributed by atoms with Crippen LogP contribution in [0.3, 0.4) is 0 Å². The number of hydrogen-bond acceptors (Lipinski definition) is 2. The van der Waals surface area contributed by atoms with Gasteiger partial charge >= 0.3 is 5.97 Å². The molecule has 1 N–H and O–H groups in total. The van der Waals surface area contributed by atoms with Gasteiger partial charge in [0.15, 0.2) is 0 Å². The summed E-state index contributed by atoms with van der Waals surface area (Å²) in [6.07, 6.45) is 2.16. The van der Waals surface area contributed by atoms with Crippen LogP contribution in [0.4, 0.5) is 0 Å². The van der Waals surface area contributed by atoms with Crippen molar-refractivity contribution < 1.29 is 14.6 Å². The summed E-state index contributed by atoms with van der Waals surface area (Å²) in [6, 6.07) is 5.45. The Morgan fingerprint density at radius 1 is 1.56 bits per heavy atom. The van der Waals surface area contributed by atoms with Crippen LogP contribution in [0.25, 0.3) is 6.08 Å².